The minimum atomic E-state index is 0.175. The van der Waals surface area contributed by atoms with Gasteiger partial charge >= 0.3 is 0 Å². The fraction of sp³-hybridized carbons (Fsp3) is 0.909. The van der Waals surface area contributed by atoms with Gasteiger partial charge in [0, 0.05) is 25.5 Å². The quantitative estimate of drug-likeness (QED) is 0.680. The summed E-state index contributed by atoms with van der Waals surface area (Å²) in [6, 6.07) is 0.273. The number of carbonyl (C=O) groups excluding carboxylic acids is 1. The lowest BCUT2D eigenvalue weighted by Gasteiger charge is -2.35. The molecule has 0 spiro atoms. The Kier molecular flexibility index (Phi) is 6.03. The smallest absolute Gasteiger partial charge is 0.224 e. The van der Waals surface area contributed by atoms with E-state index in [1.807, 2.05) is 11.8 Å². The molecule has 0 radical (unpaired) electrons. The summed E-state index contributed by atoms with van der Waals surface area (Å²) in [6.45, 7) is 4.24. The lowest BCUT2D eigenvalue weighted by molar-refractivity contribution is -0.136. The van der Waals surface area contributed by atoms with Gasteiger partial charge < -0.3 is 9.64 Å². The van der Waals surface area contributed by atoms with Crippen LogP contribution in [0.5, 0.6) is 0 Å². The first-order chi connectivity index (χ1) is 7.29. The fourth-order valence-corrected chi connectivity index (χ4v) is 2.14. The van der Waals surface area contributed by atoms with Gasteiger partial charge in [0.2, 0.25) is 5.91 Å². The van der Waals surface area contributed by atoms with Crippen LogP contribution in [0, 0.1) is 0 Å². The molecule has 0 aromatic rings. The third-order valence-corrected chi connectivity index (χ3v) is 2.96. The van der Waals surface area contributed by atoms with Crippen molar-refractivity contribution < 1.29 is 9.53 Å². The molecule has 0 aliphatic carbocycles. The Morgan fingerprint density at radius 1 is 1.53 bits per heavy atom. The molecule has 0 aromatic carbocycles. The second-order valence-electron chi connectivity index (χ2n) is 3.84. The predicted molar refractivity (Wildman–Crippen MR) is 61.2 cm³/mol. The van der Waals surface area contributed by atoms with Crippen molar-refractivity contribution >= 4 is 17.5 Å². The molecule has 0 N–H and O–H groups in total. The summed E-state index contributed by atoms with van der Waals surface area (Å²) in [5, 5.41) is 0. The minimum Gasteiger partial charge on any atom is -0.380 e. The first kappa shape index (κ1) is 12.8. The van der Waals surface area contributed by atoms with Crippen molar-refractivity contribution in [2.24, 2.45) is 0 Å². The molecule has 3 nitrogen and oxygen atoms in total. The molecule has 0 bridgehead atoms. The third kappa shape index (κ3) is 3.99. The number of ether oxygens (including phenoxy) is 1. The van der Waals surface area contributed by atoms with Gasteiger partial charge in [-0.05, 0) is 26.2 Å². The van der Waals surface area contributed by atoms with Crippen molar-refractivity contribution in [2.45, 2.75) is 38.6 Å². The van der Waals surface area contributed by atoms with Crippen molar-refractivity contribution in [2.75, 3.05) is 25.6 Å². The summed E-state index contributed by atoms with van der Waals surface area (Å²) in [4.78, 5) is 13.7. The number of halogens is 1. The van der Waals surface area contributed by atoms with E-state index in [9.17, 15) is 4.79 Å². The van der Waals surface area contributed by atoms with E-state index in [0.29, 0.717) is 25.5 Å². The first-order valence-electron chi connectivity index (χ1n) is 5.72. The molecule has 1 heterocycles. The predicted octanol–water partition coefficient (Wildman–Crippen LogP) is 2.03. The number of piperidine rings is 1. The summed E-state index contributed by atoms with van der Waals surface area (Å²) in [7, 11) is 0. The standard InChI is InChI=1S/C11H20ClNO2/c1-2-15-9-10-5-3-4-8-13(10)11(14)6-7-12/h10H,2-9H2,1H3/t10-/m1/s1. The summed E-state index contributed by atoms with van der Waals surface area (Å²) in [6.07, 6.45) is 3.82. The fourth-order valence-electron chi connectivity index (χ4n) is 1.98. The minimum absolute atomic E-state index is 0.175. The Bertz CT molecular complexity index is 199. The molecule has 1 fully saturated rings. The maximum absolute atomic E-state index is 11.8. The molecule has 1 saturated heterocycles. The maximum atomic E-state index is 11.8. The van der Waals surface area contributed by atoms with Crippen LogP contribution in [-0.2, 0) is 9.53 Å². The van der Waals surface area contributed by atoms with Gasteiger partial charge in [0.1, 0.15) is 0 Å². The van der Waals surface area contributed by atoms with E-state index in [1.54, 1.807) is 0 Å². The highest BCUT2D eigenvalue weighted by Crippen LogP contribution is 2.18. The molecule has 0 saturated carbocycles. The van der Waals surface area contributed by atoms with E-state index >= 15 is 0 Å². The van der Waals surface area contributed by atoms with E-state index in [-0.39, 0.29) is 11.9 Å². The van der Waals surface area contributed by atoms with Crippen LogP contribution in [0.15, 0.2) is 0 Å². The Balaban J connectivity index is 2.45. The topological polar surface area (TPSA) is 29.5 Å². The average molecular weight is 234 g/mol. The molecule has 1 rings (SSSR count). The van der Waals surface area contributed by atoms with Crippen LogP contribution >= 0.6 is 11.6 Å². The molecule has 0 unspecified atom stereocenters. The van der Waals surface area contributed by atoms with Crippen molar-refractivity contribution in [3.05, 3.63) is 0 Å². The van der Waals surface area contributed by atoms with Crippen LogP contribution < -0.4 is 0 Å². The normalized spacial score (nSPS) is 21.7. The molecule has 1 aliphatic rings. The number of nitrogens with zero attached hydrogens (tertiary/aromatic N) is 1. The Hall–Kier alpha value is -0.280. The van der Waals surface area contributed by atoms with E-state index in [0.717, 1.165) is 19.4 Å². The molecule has 1 amide bonds. The van der Waals surface area contributed by atoms with Gasteiger partial charge in [0.25, 0.3) is 0 Å². The molecule has 1 atom stereocenters. The zero-order chi connectivity index (χ0) is 11.1. The summed E-state index contributed by atoms with van der Waals surface area (Å²) in [5.41, 5.74) is 0. The summed E-state index contributed by atoms with van der Waals surface area (Å²) < 4.78 is 5.40. The number of hydrogen-bond donors (Lipinski definition) is 0. The van der Waals surface area contributed by atoms with Gasteiger partial charge in [0.15, 0.2) is 0 Å². The third-order valence-electron chi connectivity index (χ3n) is 2.77. The lowest BCUT2D eigenvalue weighted by Crippen LogP contribution is -2.46. The molecular weight excluding hydrogens is 214 g/mol. The van der Waals surface area contributed by atoms with Crippen LogP contribution in [0.1, 0.15) is 32.6 Å². The van der Waals surface area contributed by atoms with E-state index in [1.165, 1.54) is 6.42 Å². The van der Waals surface area contributed by atoms with Crippen LogP contribution in [0.3, 0.4) is 0 Å². The molecule has 15 heavy (non-hydrogen) atoms. The van der Waals surface area contributed by atoms with Gasteiger partial charge in [-0.1, -0.05) is 0 Å². The van der Waals surface area contributed by atoms with Crippen LogP contribution in [-0.4, -0.2) is 42.5 Å². The Morgan fingerprint density at radius 3 is 3.00 bits per heavy atom. The molecular formula is C11H20ClNO2. The zero-order valence-corrected chi connectivity index (χ0v) is 10.1. The number of amides is 1. The summed E-state index contributed by atoms with van der Waals surface area (Å²) in [5.74, 6) is 0.589. The van der Waals surface area contributed by atoms with Crippen LogP contribution in [0.2, 0.25) is 0 Å². The number of rotatable bonds is 5. The monoisotopic (exact) mass is 233 g/mol. The van der Waals surface area contributed by atoms with Gasteiger partial charge in [-0.2, -0.15) is 0 Å². The Morgan fingerprint density at radius 2 is 2.33 bits per heavy atom. The number of hydrogen-bond acceptors (Lipinski definition) is 2. The van der Waals surface area contributed by atoms with Gasteiger partial charge in [0.05, 0.1) is 12.6 Å². The van der Waals surface area contributed by atoms with E-state index in [4.69, 9.17) is 16.3 Å². The van der Waals surface area contributed by atoms with Gasteiger partial charge in [-0.15, -0.1) is 11.6 Å². The first-order valence-corrected chi connectivity index (χ1v) is 6.26. The molecule has 1 aliphatic heterocycles. The number of carbonyl (C=O) groups is 1. The van der Waals surface area contributed by atoms with Crippen molar-refractivity contribution in [1.29, 1.82) is 0 Å². The molecule has 0 aromatic heterocycles. The second kappa shape index (κ2) is 7.07. The van der Waals surface area contributed by atoms with Crippen LogP contribution in [0.4, 0.5) is 0 Å². The van der Waals surface area contributed by atoms with Crippen molar-refractivity contribution in [1.82, 2.24) is 4.90 Å². The highest BCUT2D eigenvalue weighted by Gasteiger charge is 2.25. The largest absolute Gasteiger partial charge is 0.380 e. The zero-order valence-electron chi connectivity index (χ0n) is 9.38. The second-order valence-corrected chi connectivity index (χ2v) is 4.21. The maximum Gasteiger partial charge on any atom is 0.224 e. The van der Waals surface area contributed by atoms with Crippen molar-refractivity contribution in [3.8, 4) is 0 Å². The Labute approximate surface area is 96.7 Å². The number of likely N-dealkylation sites (tertiary alicyclic amines) is 1. The molecule has 4 heteroatoms. The highest BCUT2D eigenvalue weighted by molar-refractivity contribution is 6.18. The summed E-state index contributed by atoms with van der Waals surface area (Å²) >= 11 is 5.59. The van der Waals surface area contributed by atoms with E-state index < -0.39 is 0 Å². The molecule has 88 valence electrons. The lowest BCUT2D eigenvalue weighted by atomic mass is 10.0. The van der Waals surface area contributed by atoms with Gasteiger partial charge in [-0.3, -0.25) is 4.79 Å². The van der Waals surface area contributed by atoms with Crippen molar-refractivity contribution in [3.63, 3.8) is 0 Å². The highest BCUT2D eigenvalue weighted by atomic mass is 35.5. The van der Waals surface area contributed by atoms with Gasteiger partial charge in [-0.25, -0.2) is 0 Å². The average Bonchev–Trinajstić information content (AvgIpc) is 2.27. The van der Waals surface area contributed by atoms with Crippen LogP contribution in [0.25, 0.3) is 0 Å². The van der Waals surface area contributed by atoms with E-state index in [2.05, 4.69) is 0 Å². The SMILES string of the molecule is CCOC[C@H]1CCCCN1C(=O)CCCl. The number of alkyl halides is 1.